The van der Waals surface area contributed by atoms with Crippen molar-refractivity contribution in [1.29, 1.82) is 0 Å². The van der Waals surface area contributed by atoms with Gasteiger partial charge in [0.15, 0.2) is 23.0 Å². The number of benzene rings is 3. The van der Waals surface area contributed by atoms with Gasteiger partial charge in [-0.25, -0.2) is 4.39 Å². The Hall–Kier alpha value is -3.25. The fourth-order valence-corrected chi connectivity index (χ4v) is 3.18. The molecule has 0 atom stereocenters. The molecule has 0 fully saturated rings. The van der Waals surface area contributed by atoms with Gasteiger partial charge in [-0.2, -0.15) is 0 Å². The lowest BCUT2D eigenvalue weighted by atomic mass is 10.1. The fraction of sp³-hybridized carbons (Fsp3) is 0.217. The van der Waals surface area contributed by atoms with E-state index in [1.165, 1.54) is 6.07 Å². The SMILES string of the molecule is COc1cccc(CNCc2ccc3c(c2)OCO3)c1OCc1ccccc1F. The molecule has 0 amide bonds. The summed E-state index contributed by atoms with van der Waals surface area (Å²) in [5.41, 5.74) is 2.52. The molecule has 1 aliphatic rings. The van der Waals surface area contributed by atoms with Gasteiger partial charge in [-0.1, -0.05) is 36.4 Å². The summed E-state index contributed by atoms with van der Waals surface area (Å²) in [5.74, 6) is 2.47. The first-order chi connectivity index (χ1) is 14.2. The molecule has 0 saturated carbocycles. The van der Waals surface area contributed by atoms with Crippen LogP contribution in [0.15, 0.2) is 60.7 Å². The molecule has 3 aromatic rings. The van der Waals surface area contributed by atoms with Crippen LogP contribution in [0.5, 0.6) is 23.0 Å². The smallest absolute Gasteiger partial charge is 0.231 e. The lowest BCUT2D eigenvalue weighted by Gasteiger charge is -2.16. The van der Waals surface area contributed by atoms with Crippen molar-refractivity contribution in [2.45, 2.75) is 19.7 Å². The fourth-order valence-electron chi connectivity index (χ4n) is 3.18. The van der Waals surface area contributed by atoms with Crippen LogP contribution in [-0.4, -0.2) is 13.9 Å². The number of fused-ring (bicyclic) bond motifs is 1. The third kappa shape index (κ3) is 4.43. The maximum atomic E-state index is 13.9. The van der Waals surface area contributed by atoms with Gasteiger partial charge in [0, 0.05) is 24.2 Å². The highest BCUT2D eigenvalue weighted by Crippen LogP contribution is 2.33. The van der Waals surface area contributed by atoms with Crippen molar-refractivity contribution in [3.63, 3.8) is 0 Å². The zero-order valence-corrected chi connectivity index (χ0v) is 16.1. The van der Waals surface area contributed by atoms with Gasteiger partial charge in [-0.15, -0.1) is 0 Å². The zero-order chi connectivity index (χ0) is 20.1. The second-order valence-electron chi connectivity index (χ2n) is 6.62. The molecule has 0 radical (unpaired) electrons. The van der Waals surface area contributed by atoms with Gasteiger partial charge in [-0.3, -0.25) is 0 Å². The van der Waals surface area contributed by atoms with E-state index >= 15 is 0 Å². The Kier molecular flexibility index (Phi) is 5.81. The molecule has 0 aliphatic carbocycles. The molecule has 0 spiro atoms. The van der Waals surface area contributed by atoms with Crippen LogP contribution in [0.25, 0.3) is 0 Å². The van der Waals surface area contributed by atoms with Crippen LogP contribution < -0.4 is 24.3 Å². The Morgan fingerprint density at radius 3 is 2.62 bits per heavy atom. The van der Waals surface area contributed by atoms with Crippen molar-refractivity contribution in [3.8, 4) is 23.0 Å². The van der Waals surface area contributed by atoms with Gasteiger partial charge < -0.3 is 24.3 Å². The predicted octanol–water partition coefficient (Wildman–Crippen LogP) is 4.43. The average Bonchev–Trinajstić information content (AvgIpc) is 3.21. The van der Waals surface area contributed by atoms with Gasteiger partial charge in [-0.05, 0) is 29.8 Å². The van der Waals surface area contributed by atoms with Crippen LogP contribution >= 0.6 is 0 Å². The molecule has 29 heavy (non-hydrogen) atoms. The first-order valence-corrected chi connectivity index (χ1v) is 9.36. The van der Waals surface area contributed by atoms with Crippen molar-refractivity contribution in [3.05, 3.63) is 83.2 Å². The molecule has 1 aliphatic heterocycles. The molecule has 1 heterocycles. The van der Waals surface area contributed by atoms with E-state index in [4.69, 9.17) is 18.9 Å². The first kappa shape index (κ1) is 19.1. The third-order valence-corrected chi connectivity index (χ3v) is 4.69. The van der Waals surface area contributed by atoms with E-state index in [2.05, 4.69) is 5.32 Å². The minimum absolute atomic E-state index is 0.127. The highest BCUT2D eigenvalue weighted by Gasteiger charge is 2.14. The van der Waals surface area contributed by atoms with Gasteiger partial charge in [0.05, 0.1) is 7.11 Å². The molecule has 5 nitrogen and oxygen atoms in total. The van der Waals surface area contributed by atoms with E-state index in [0.29, 0.717) is 30.2 Å². The molecule has 0 unspecified atom stereocenters. The summed E-state index contributed by atoms with van der Waals surface area (Å²) in [5, 5.41) is 3.40. The summed E-state index contributed by atoms with van der Waals surface area (Å²) in [7, 11) is 1.59. The minimum atomic E-state index is -0.287. The molecule has 3 aromatic carbocycles. The number of methoxy groups -OCH3 is 1. The van der Waals surface area contributed by atoms with Crippen molar-refractivity contribution >= 4 is 0 Å². The molecule has 0 saturated heterocycles. The Morgan fingerprint density at radius 2 is 1.76 bits per heavy atom. The third-order valence-electron chi connectivity index (χ3n) is 4.69. The van der Waals surface area contributed by atoms with Crippen LogP contribution in [0.4, 0.5) is 4.39 Å². The average molecular weight is 395 g/mol. The van der Waals surface area contributed by atoms with Gasteiger partial charge >= 0.3 is 0 Å². The van der Waals surface area contributed by atoms with Crippen molar-refractivity contribution in [2.75, 3.05) is 13.9 Å². The molecule has 0 bridgehead atoms. The quantitative estimate of drug-likeness (QED) is 0.611. The highest BCUT2D eigenvalue weighted by molar-refractivity contribution is 5.47. The van der Waals surface area contributed by atoms with Crippen LogP contribution in [0, 0.1) is 5.82 Å². The normalized spacial score (nSPS) is 12.1. The Labute approximate surface area is 169 Å². The maximum Gasteiger partial charge on any atom is 0.231 e. The molecular formula is C23H22FNO4. The van der Waals surface area contributed by atoms with Crippen LogP contribution in [0.1, 0.15) is 16.7 Å². The predicted molar refractivity (Wildman–Crippen MR) is 107 cm³/mol. The molecule has 1 N–H and O–H groups in total. The monoisotopic (exact) mass is 395 g/mol. The number of nitrogens with one attached hydrogen (secondary N) is 1. The van der Waals surface area contributed by atoms with Crippen molar-refractivity contribution in [1.82, 2.24) is 5.32 Å². The van der Waals surface area contributed by atoms with E-state index in [0.717, 1.165) is 22.6 Å². The maximum absolute atomic E-state index is 13.9. The van der Waals surface area contributed by atoms with E-state index in [9.17, 15) is 4.39 Å². The summed E-state index contributed by atoms with van der Waals surface area (Å²) < 4.78 is 36.1. The molecular weight excluding hydrogens is 373 g/mol. The number of ether oxygens (including phenoxy) is 4. The number of para-hydroxylation sites is 1. The van der Waals surface area contributed by atoms with Gasteiger partial charge in [0.25, 0.3) is 0 Å². The number of hydrogen-bond acceptors (Lipinski definition) is 5. The second kappa shape index (κ2) is 8.84. The first-order valence-electron chi connectivity index (χ1n) is 9.36. The number of halogens is 1. The summed E-state index contributed by atoms with van der Waals surface area (Å²) >= 11 is 0. The van der Waals surface area contributed by atoms with Gasteiger partial charge in [0.2, 0.25) is 6.79 Å². The lowest BCUT2D eigenvalue weighted by Crippen LogP contribution is -2.14. The molecule has 0 aromatic heterocycles. The Morgan fingerprint density at radius 1 is 0.931 bits per heavy atom. The largest absolute Gasteiger partial charge is 0.493 e. The van der Waals surface area contributed by atoms with Crippen LogP contribution in [0.2, 0.25) is 0 Å². The number of rotatable bonds is 8. The zero-order valence-electron chi connectivity index (χ0n) is 16.1. The summed E-state index contributed by atoms with van der Waals surface area (Å²) in [6, 6.07) is 18.2. The van der Waals surface area contributed by atoms with Crippen molar-refractivity contribution < 1.29 is 23.3 Å². The number of hydrogen-bond donors (Lipinski definition) is 1. The van der Waals surface area contributed by atoms with Crippen molar-refractivity contribution in [2.24, 2.45) is 0 Å². The van der Waals surface area contributed by atoms with Crippen LogP contribution in [-0.2, 0) is 19.7 Å². The topological polar surface area (TPSA) is 49.0 Å². The van der Waals surface area contributed by atoms with E-state index in [1.807, 2.05) is 36.4 Å². The standard InChI is InChI=1S/C23H22FNO4/c1-26-21-8-4-6-17(23(21)27-14-18-5-2-3-7-19(18)24)13-25-12-16-9-10-20-22(11-16)29-15-28-20/h2-11,25H,12-15H2,1H3. The second-order valence-corrected chi connectivity index (χ2v) is 6.62. The summed E-state index contributed by atoms with van der Waals surface area (Å²) in [4.78, 5) is 0. The minimum Gasteiger partial charge on any atom is -0.493 e. The lowest BCUT2D eigenvalue weighted by molar-refractivity contribution is 0.174. The van der Waals surface area contributed by atoms with E-state index < -0.39 is 0 Å². The summed E-state index contributed by atoms with van der Waals surface area (Å²) in [6.45, 7) is 1.61. The van der Waals surface area contributed by atoms with E-state index in [1.54, 1.807) is 25.3 Å². The summed E-state index contributed by atoms with van der Waals surface area (Å²) in [6.07, 6.45) is 0. The highest BCUT2D eigenvalue weighted by atomic mass is 19.1. The molecule has 4 rings (SSSR count). The molecule has 150 valence electrons. The Bertz CT molecular complexity index is 992. The molecule has 6 heteroatoms. The van der Waals surface area contributed by atoms with Gasteiger partial charge in [0.1, 0.15) is 12.4 Å². The Balaban J connectivity index is 1.43. The van der Waals surface area contributed by atoms with Crippen LogP contribution in [0.3, 0.4) is 0 Å². The van der Waals surface area contributed by atoms with E-state index in [-0.39, 0.29) is 19.2 Å².